The average molecular weight is 1570 g/mol. The van der Waals surface area contributed by atoms with E-state index in [1.165, 1.54) is 86.2 Å². The Balaban J connectivity index is 0.000000139. The molecule has 0 aliphatic carbocycles. The summed E-state index contributed by atoms with van der Waals surface area (Å²) in [6.07, 6.45) is 0. The monoisotopic (exact) mass is 1570 g/mol. The molecule has 3 heterocycles. The first-order chi connectivity index (χ1) is 61.0. The van der Waals surface area contributed by atoms with Crippen molar-refractivity contribution in [2.45, 2.75) is 0 Å². The molecule has 576 valence electrons. The van der Waals surface area contributed by atoms with Gasteiger partial charge in [0, 0.05) is 107 Å². The van der Waals surface area contributed by atoms with Crippen LogP contribution in [0.1, 0.15) is 0 Å². The van der Waals surface area contributed by atoms with Gasteiger partial charge in [-0.25, -0.2) is 0 Å². The molecule has 123 heavy (non-hydrogen) atoms. The van der Waals surface area contributed by atoms with Gasteiger partial charge in [0.1, 0.15) is 27.9 Å². The molecule has 0 saturated heterocycles. The highest BCUT2D eigenvalue weighted by atomic mass is 16.3. The highest BCUT2D eigenvalue weighted by Gasteiger charge is 2.26. The average Bonchev–Trinajstić information content (AvgIpc) is 1.13. The molecular weight excluding hydrogens is 1500 g/mol. The Bertz CT molecular complexity index is 8390. The lowest BCUT2D eigenvalue weighted by molar-refractivity contribution is 0.668. The standard InChI is InChI=1S/C58H36N2O2.C58H38N2O/c1-3-13-38(14-4-1)59(42-26-31-49-47-18-9-11-21-54(47)61-56(49)35-42)40-24-29-44-37(33-40)23-28-52-46-30-25-41(34-53(46)45-17-7-8-20-51(45)58(44)52)60(39-15-5-2-6-16-39)43-27-32-50-48-19-10-12-22-55(48)62-57(50)36-43;1-4-17-39(18-5-1)45-23-12-14-28-54(45)60(55-29-16-27-52-49-25-13-15-30-56(49)61-58(52)55)44-33-36-48-51-34-31-40-37-43(59(41-19-6-2-7-20-41)42-21-8-3-9-22-42)32-35-46(40)57(51)50-26-11-10-24-47(50)53(48)38-44/h1-36H;1-38H. The van der Waals surface area contributed by atoms with Crippen molar-refractivity contribution >= 4 is 220 Å². The molecule has 22 aromatic carbocycles. The van der Waals surface area contributed by atoms with E-state index in [-0.39, 0.29) is 0 Å². The predicted octanol–water partition coefficient (Wildman–Crippen LogP) is 33.8. The Kier molecular flexibility index (Phi) is 16.8. The lowest BCUT2D eigenvalue weighted by Crippen LogP contribution is -2.11. The number of nitrogens with zero attached hydrogens (tertiary/aromatic N) is 4. The van der Waals surface area contributed by atoms with Gasteiger partial charge in [-0.2, -0.15) is 0 Å². The largest absolute Gasteiger partial charge is 0.456 e. The van der Waals surface area contributed by atoms with E-state index in [1.54, 1.807) is 0 Å². The third-order valence-electron chi connectivity index (χ3n) is 24.8. The van der Waals surface area contributed by atoms with Gasteiger partial charge in [0.25, 0.3) is 0 Å². The van der Waals surface area contributed by atoms with Gasteiger partial charge in [0.2, 0.25) is 0 Å². The van der Waals surface area contributed by atoms with Crippen LogP contribution in [0.5, 0.6) is 0 Å². The summed E-state index contributed by atoms with van der Waals surface area (Å²) < 4.78 is 19.5. The number of para-hydroxylation sites is 9. The van der Waals surface area contributed by atoms with Crippen LogP contribution in [-0.4, -0.2) is 0 Å². The molecule has 0 aliphatic rings. The Morgan fingerprint density at radius 1 is 0.146 bits per heavy atom. The van der Waals surface area contributed by atoms with Gasteiger partial charge in [-0.15, -0.1) is 0 Å². The molecule has 0 radical (unpaired) electrons. The van der Waals surface area contributed by atoms with Crippen molar-refractivity contribution < 1.29 is 13.3 Å². The molecule has 7 nitrogen and oxygen atoms in total. The van der Waals surface area contributed by atoms with Crippen molar-refractivity contribution in [3.8, 4) is 11.1 Å². The first kappa shape index (κ1) is 70.7. The molecular formula is C116H74N4O3. The molecule has 0 saturated carbocycles. The number of furan rings is 3. The summed E-state index contributed by atoms with van der Waals surface area (Å²) in [4.78, 5) is 9.37. The maximum Gasteiger partial charge on any atom is 0.159 e. The Morgan fingerprint density at radius 3 is 0.902 bits per heavy atom. The molecule has 3 aromatic heterocycles. The summed E-state index contributed by atoms with van der Waals surface area (Å²) in [6, 6.07) is 161. The minimum atomic E-state index is 0.860. The van der Waals surface area contributed by atoms with E-state index in [1.807, 2.05) is 30.3 Å². The third kappa shape index (κ3) is 12.0. The Hall–Kier alpha value is -16.5. The molecule has 0 bridgehead atoms. The summed E-state index contributed by atoms with van der Waals surface area (Å²) >= 11 is 0. The number of rotatable bonds is 13. The van der Waals surface area contributed by atoms with Crippen LogP contribution in [0.25, 0.3) is 163 Å². The van der Waals surface area contributed by atoms with Crippen molar-refractivity contribution in [3.63, 3.8) is 0 Å². The second-order valence-corrected chi connectivity index (χ2v) is 31.7. The van der Waals surface area contributed by atoms with Gasteiger partial charge in [0.15, 0.2) is 5.58 Å². The SMILES string of the molecule is c1ccc(-c2ccccc2N(c2ccc3c(c2)c2ccccc2c2c4ccc(N(c5ccccc5)c5ccccc5)cc4ccc32)c2cccc3c2oc2ccccc23)cc1.c1ccc(N(c2ccc3c(ccc4c5ccc(N(c6ccccc6)c6ccc7c(c6)oc6ccccc67)cc5c5ccccc5c34)c2)c2ccc3c(c2)oc2ccccc23)cc1. The quantitative estimate of drug-likeness (QED) is 0.107. The molecule has 25 rings (SSSR count). The summed E-state index contributed by atoms with van der Waals surface area (Å²) in [6.45, 7) is 0. The molecule has 25 aromatic rings. The minimum absolute atomic E-state index is 0.860. The van der Waals surface area contributed by atoms with E-state index in [0.717, 1.165) is 145 Å². The lowest BCUT2D eigenvalue weighted by Gasteiger charge is -2.28. The number of benzene rings is 22. The van der Waals surface area contributed by atoms with Gasteiger partial charge in [-0.05, 0) is 243 Å². The second kappa shape index (κ2) is 29.2. The zero-order valence-corrected chi connectivity index (χ0v) is 66.7. The fraction of sp³-hybridized carbons (Fsp3) is 0. The molecule has 0 amide bonds. The number of hydrogen-bond acceptors (Lipinski definition) is 7. The van der Waals surface area contributed by atoms with E-state index < -0.39 is 0 Å². The van der Waals surface area contributed by atoms with Crippen LogP contribution < -0.4 is 19.6 Å². The van der Waals surface area contributed by atoms with Crippen molar-refractivity contribution in [3.05, 3.63) is 449 Å². The van der Waals surface area contributed by atoms with E-state index in [2.05, 4.69) is 438 Å². The molecule has 0 fully saturated rings. The van der Waals surface area contributed by atoms with E-state index in [4.69, 9.17) is 13.3 Å². The number of anilines is 12. The van der Waals surface area contributed by atoms with Crippen LogP contribution in [0.15, 0.2) is 462 Å². The Morgan fingerprint density at radius 2 is 0.439 bits per heavy atom. The van der Waals surface area contributed by atoms with Crippen LogP contribution in [0.2, 0.25) is 0 Å². The number of fused-ring (bicyclic) bond motifs is 25. The van der Waals surface area contributed by atoms with E-state index >= 15 is 0 Å². The van der Waals surface area contributed by atoms with Crippen molar-refractivity contribution in [1.29, 1.82) is 0 Å². The van der Waals surface area contributed by atoms with E-state index in [0.29, 0.717) is 0 Å². The predicted molar refractivity (Wildman–Crippen MR) is 519 cm³/mol. The maximum atomic E-state index is 6.74. The summed E-state index contributed by atoms with van der Waals surface area (Å²) in [7, 11) is 0. The van der Waals surface area contributed by atoms with Crippen LogP contribution in [-0.2, 0) is 0 Å². The summed E-state index contributed by atoms with van der Waals surface area (Å²) in [5.41, 5.74) is 20.5. The van der Waals surface area contributed by atoms with Gasteiger partial charge >= 0.3 is 0 Å². The smallest absolute Gasteiger partial charge is 0.159 e. The zero-order valence-electron chi connectivity index (χ0n) is 66.7. The van der Waals surface area contributed by atoms with Gasteiger partial charge in [-0.1, -0.05) is 285 Å². The van der Waals surface area contributed by atoms with E-state index in [9.17, 15) is 0 Å². The van der Waals surface area contributed by atoms with Crippen LogP contribution in [0.4, 0.5) is 68.2 Å². The topological polar surface area (TPSA) is 52.4 Å². The minimum Gasteiger partial charge on any atom is -0.456 e. The third-order valence-corrected chi connectivity index (χ3v) is 24.8. The zero-order chi connectivity index (χ0) is 81.0. The first-order valence-corrected chi connectivity index (χ1v) is 41.9. The van der Waals surface area contributed by atoms with Gasteiger partial charge in [0.05, 0.1) is 11.4 Å². The van der Waals surface area contributed by atoms with Gasteiger partial charge in [-0.3, -0.25) is 0 Å². The second-order valence-electron chi connectivity index (χ2n) is 31.7. The molecule has 0 atom stereocenters. The van der Waals surface area contributed by atoms with Gasteiger partial charge < -0.3 is 32.9 Å². The van der Waals surface area contributed by atoms with Crippen LogP contribution >= 0.6 is 0 Å². The molecule has 7 heteroatoms. The maximum absolute atomic E-state index is 6.74. The highest BCUT2D eigenvalue weighted by Crippen LogP contribution is 2.51. The lowest BCUT2D eigenvalue weighted by atomic mass is 9.90. The molecule has 0 N–H and O–H groups in total. The molecule has 0 aliphatic heterocycles. The van der Waals surface area contributed by atoms with Crippen molar-refractivity contribution in [2.75, 3.05) is 19.6 Å². The first-order valence-electron chi connectivity index (χ1n) is 41.9. The van der Waals surface area contributed by atoms with Crippen molar-refractivity contribution in [2.24, 2.45) is 0 Å². The highest BCUT2D eigenvalue weighted by molar-refractivity contribution is 6.34. The van der Waals surface area contributed by atoms with Crippen LogP contribution in [0.3, 0.4) is 0 Å². The fourth-order valence-electron chi connectivity index (χ4n) is 19.3. The molecule has 0 spiro atoms. The Labute approximate surface area is 708 Å². The normalized spacial score (nSPS) is 11.7. The number of hydrogen-bond donors (Lipinski definition) is 0. The van der Waals surface area contributed by atoms with Crippen molar-refractivity contribution in [1.82, 2.24) is 0 Å². The fourth-order valence-corrected chi connectivity index (χ4v) is 19.3. The van der Waals surface area contributed by atoms with Crippen LogP contribution in [0, 0.1) is 0 Å². The molecule has 0 unspecified atom stereocenters. The summed E-state index contributed by atoms with van der Waals surface area (Å²) in [5.74, 6) is 0. The summed E-state index contributed by atoms with van der Waals surface area (Å²) in [5, 5.41) is 26.3.